The van der Waals surface area contributed by atoms with Crippen LogP contribution in [0.15, 0.2) is 0 Å². The van der Waals surface area contributed by atoms with Crippen LogP contribution in [0.2, 0.25) is 0 Å². The Bertz CT molecular complexity index is 123. The summed E-state index contributed by atoms with van der Waals surface area (Å²) in [5, 5.41) is 17.4. The van der Waals surface area contributed by atoms with E-state index in [1.807, 2.05) is 13.8 Å². The molecule has 0 spiro atoms. The van der Waals surface area contributed by atoms with Crippen molar-refractivity contribution in [1.29, 1.82) is 0 Å². The van der Waals surface area contributed by atoms with Crippen LogP contribution in [0.1, 0.15) is 15.3 Å². The summed E-state index contributed by atoms with van der Waals surface area (Å²) in [7, 11) is 0. The minimum Gasteiger partial charge on any atom is -1.00 e. The molecule has 3 nitrogen and oxygen atoms in total. The fourth-order valence-electron chi connectivity index (χ4n) is 0.355. The molecule has 62 valence electrons. The Morgan fingerprint density at radius 2 is 2.09 bits per heavy atom. The van der Waals surface area contributed by atoms with E-state index < -0.39 is 12.1 Å². The topological polar surface area (TPSA) is 57.5 Å². The number of aliphatic hydroxyl groups is 1. The molecule has 0 radical (unpaired) electrons. The van der Waals surface area contributed by atoms with Gasteiger partial charge in [0.2, 0.25) is 0 Å². The molecule has 0 saturated heterocycles. The molecule has 0 aliphatic carbocycles. The molecule has 0 fully saturated rings. The van der Waals surface area contributed by atoms with Gasteiger partial charge in [0.15, 0.2) is 6.10 Å². The van der Waals surface area contributed by atoms with E-state index in [9.17, 15) is 4.79 Å². The molecule has 0 heterocycles. The van der Waals surface area contributed by atoms with Crippen LogP contribution < -0.4 is 29.6 Å². The average Bonchev–Trinajstić information content (AvgIpc) is 1.82. The smallest absolute Gasteiger partial charge is 1.00 e. The van der Waals surface area contributed by atoms with Gasteiger partial charge in [0.1, 0.15) is 0 Å². The molecule has 11 heavy (non-hydrogen) atoms. The molecule has 0 rings (SSSR count). The first-order chi connectivity index (χ1) is 4.54. The van der Waals surface area contributed by atoms with Crippen LogP contribution in [0, 0.1) is 0 Å². The molecule has 0 aliphatic rings. The molecule has 0 aromatic carbocycles. The van der Waals surface area contributed by atoms with Gasteiger partial charge in [-0.3, -0.25) is 0 Å². The van der Waals surface area contributed by atoms with E-state index in [1.54, 1.807) is 0 Å². The minimum absolute atomic E-state index is 0. The fraction of sp³-hybridized carbons (Fsp3) is 0.833. The van der Waals surface area contributed by atoms with Gasteiger partial charge < -0.3 is 11.6 Å². The Morgan fingerprint density at radius 3 is 2.36 bits per heavy atom. The number of thioether (sulfide) groups is 1. The third-order valence-corrected chi connectivity index (χ3v) is 2.05. The SMILES string of the molecule is CC(C)SC[C@H](O)C(=O)O.[H-].[Na+]. The van der Waals surface area contributed by atoms with Crippen molar-refractivity contribution in [1.82, 2.24) is 0 Å². The van der Waals surface area contributed by atoms with Crippen LogP contribution in [0.5, 0.6) is 0 Å². The van der Waals surface area contributed by atoms with Crippen LogP contribution >= 0.6 is 11.8 Å². The molecule has 0 aromatic heterocycles. The van der Waals surface area contributed by atoms with Crippen LogP contribution in [-0.4, -0.2) is 33.3 Å². The number of hydrogen-bond donors (Lipinski definition) is 2. The first kappa shape index (κ1) is 14.3. The van der Waals surface area contributed by atoms with Gasteiger partial charge in [-0.15, -0.1) is 0 Å². The second kappa shape index (κ2) is 7.43. The van der Waals surface area contributed by atoms with Gasteiger partial charge in [0.05, 0.1) is 0 Å². The van der Waals surface area contributed by atoms with Crippen molar-refractivity contribution >= 4 is 17.7 Å². The summed E-state index contributed by atoms with van der Waals surface area (Å²) in [6.07, 6.45) is -1.22. The van der Waals surface area contributed by atoms with Gasteiger partial charge in [0, 0.05) is 5.75 Å². The van der Waals surface area contributed by atoms with E-state index in [4.69, 9.17) is 10.2 Å². The molecule has 0 aromatic rings. The second-order valence-corrected chi connectivity index (χ2v) is 3.85. The molecule has 1 atom stereocenters. The van der Waals surface area contributed by atoms with E-state index in [-0.39, 0.29) is 36.7 Å². The van der Waals surface area contributed by atoms with Crippen molar-refractivity contribution < 1.29 is 46.0 Å². The number of aliphatic carboxylic acids is 1. The van der Waals surface area contributed by atoms with E-state index in [1.165, 1.54) is 11.8 Å². The van der Waals surface area contributed by atoms with Crippen molar-refractivity contribution in [3.05, 3.63) is 0 Å². The Hall–Kier alpha value is 0.780. The Labute approximate surface area is 94.3 Å². The summed E-state index contributed by atoms with van der Waals surface area (Å²) in [5.41, 5.74) is 0. The fourth-order valence-corrected chi connectivity index (χ4v) is 1.06. The predicted molar refractivity (Wildman–Crippen MR) is 42.3 cm³/mol. The molecule has 0 amide bonds. The number of hydrogen-bond acceptors (Lipinski definition) is 3. The largest absolute Gasteiger partial charge is 1.00 e. The molecule has 0 aliphatic heterocycles. The maximum Gasteiger partial charge on any atom is 1.00 e. The van der Waals surface area contributed by atoms with Crippen molar-refractivity contribution in [2.24, 2.45) is 0 Å². The molecule has 2 N–H and O–H groups in total. The third-order valence-electron chi connectivity index (χ3n) is 0.872. The number of carbonyl (C=O) groups is 1. The molecular weight excluding hydrogens is 175 g/mol. The Kier molecular flexibility index (Phi) is 9.67. The van der Waals surface area contributed by atoms with E-state index in [2.05, 4.69) is 0 Å². The van der Waals surface area contributed by atoms with Gasteiger partial charge in [-0.05, 0) is 5.25 Å². The monoisotopic (exact) mass is 188 g/mol. The van der Waals surface area contributed by atoms with E-state index in [0.717, 1.165) is 0 Å². The molecule has 5 heteroatoms. The third kappa shape index (κ3) is 8.69. The summed E-state index contributed by atoms with van der Waals surface area (Å²) in [6, 6.07) is 0. The molecule has 0 saturated carbocycles. The number of rotatable bonds is 4. The normalized spacial score (nSPS) is 12.4. The first-order valence-electron chi connectivity index (χ1n) is 3.06. The quantitative estimate of drug-likeness (QED) is 0.487. The average molecular weight is 188 g/mol. The summed E-state index contributed by atoms with van der Waals surface area (Å²) < 4.78 is 0. The zero-order valence-corrected chi connectivity index (χ0v) is 9.89. The predicted octanol–water partition coefficient (Wildman–Crippen LogP) is -2.31. The zero-order valence-electron chi connectivity index (χ0n) is 8.07. The number of carboxylic acids is 1. The van der Waals surface area contributed by atoms with Gasteiger partial charge in [-0.25, -0.2) is 4.79 Å². The van der Waals surface area contributed by atoms with Gasteiger partial charge >= 0.3 is 35.5 Å². The summed E-state index contributed by atoms with van der Waals surface area (Å²) in [4.78, 5) is 10.0. The van der Waals surface area contributed by atoms with Gasteiger partial charge in [0.25, 0.3) is 0 Å². The van der Waals surface area contributed by atoms with Crippen LogP contribution in [-0.2, 0) is 4.79 Å². The maximum absolute atomic E-state index is 10.0. The maximum atomic E-state index is 10.0. The van der Waals surface area contributed by atoms with E-state index in [0.29, 0.717) is 5.25 Å². The second-order valence-electron chi connectivity index (χ2n) is 2.24. The van der Waals surface area contributed by atoms with Gasteiger partial charge in [-0.2, -0.15) is 11.8 Å². The van der Waals surface area contributed by atoms with Crippen molar-refractivity contribution in [3.63, 3.8) is 0 Å². The molecule has 0 bridgehead atoms. The number of carboxylic acid groups (broad SMARTS) is 1. The minimum atomic E-state index is -1.22. The molecule has 0 unspecified atom stereocenters. The van der Waals surface area contributed by atoms with Gasteiger partial charge in [-0.1, -0.05) is 13.8 Å². The Balaban J connectivity index is -0.000000405. The van der Waals surface area contributed by atoms with Crippen LogP contribution in [0.25, 0.3) is 0 Å². The standard InChI is InChI=1S/C6H12O3S.Na.H/c1-4(2)10-3-5(7)6(8)9;;/h4-5,7H,3H2,1-2H3,(H,8,9);;/q;+1;-1/t5-;;/m0../s1. The first-order valence-corrected chi connectivity index (χ1v) is 4.11. The summed E-state index contributed by atoms with van der Waals surface area (Å²) in [6.45, 7) is 3.92. The summed E-state index contributed by atoms with van der Waals surface area (Å²) >= 11 is 1.44. The Morgan fingerprint density at radius 1 is 1.64 bits per heavy atom. The van der Waals surface area contributed by atoms with E-state index >= 15 is 0 Å². The van der Waals surface area contributed by atoms with Crippen LogP contribution in [0.4, 0.5) is 0 Å². The summed E-state index contributed by atoms with van der Waals surface area (Å²) in [5.74, 6) is -0.874. The van der Waals surface area contributed by atoms with Crippen molar-refractivity contribution in [3.8, 4) is 0 Å². The zero-order chi connectivity index (χ0) is 8.15. The molecular formula is C6H13NaO3S. The van der Waals surface area contributed by atoms with Crippen molar-refractivity contribution in [2.75, 3.05) is 5.75 Å². The number of aliphatic hydroxyl groups excluding tert-OH is 1. The van der Waals surface area contributed by atoms with Crippen molar-refractivity contribution in [2.45, 2.75) is 25.2 Å². The van der Waals surface area contributed by atoms with Crippen LogP contribution in [0.3, 0.4) is 0 Å².